The van der Waals surface area contributed by atoms with E-state index in [0.717, 1.165) is 8.66 Å². The molecule has 0 saturated heterocycles. The summed E-state index contributed by atoms with van der Waals surface area (Å²) < 4.78 is 1.01. The summed E-state index contributed by atoms with van der Waals surface area (Å²) in [5.41, 5.74) is 0. The highest BCUT2D eigenvalue weighted by molar-refractivity contribution is 9.11. The molecule has 0 saturated carbocycles. The van der Waals surface area contributed by atoms with E-state index < -0.39 is 0 Å². The van der Waals surface area contributed by atoms with Crippen molar-refractivity contribution in [2.24, 2.45) is 0 Å². The van der Waals surface area contributed by atoms with Gasteiger partial charge in [0, 0.05) is 24.0 Å². The van der Waals surface area contributed by atoms with Crippen molar-refractivity contribution in [1.29, 1.82) is 0 Å². The maximum absolute atomic E-state index is 11.7. The van der Waals surface area contributed by atoms with Crippen LogP contribution in [0.3, 0.4) is 0 Å². The number of halogens is 1. The lowest BCUT2D eigenvalue weighted by molar-refractivity contribution is -0.126. The van der Waals surface area contributed by atoms with Crippen LogP contribution in [0.4, 0.5) is 0 Å². The number of aliphatic hydroxyl groups excluding tert-OH is 2. The van der Waals surface area contributed by atoms with E-state index in [1.165, 1.54) is 22.3 Å². The third-order valence-electron chi connectivity index (χ3n) is 2.04. The molecule has 2 N–H and O–H groups in total. The highest BCUT2D eigenvalue weighted by Crippen LogP contribution is 2.22. The second kappa shape index (κ2) is 7.60. The lowest BCUT2D eigenvalue weighted by Crippen LogP contribution is -2.34. The van der Waals surface area contributed by atoms with E-state index in [0.29, 0.717) is 0 Å². The first-order chi connectivity index (χ1) is 8.17. The maximum Gasteiger partial charge on any atom is 0.246 e. The summed E-state index contributed by atoms with van der Waals surface area (Å²) in [7, 11) is 0. The van der Waals surface area contributed by atoms with Gasteiger partial charge in [-0.2, -0.15) is 0 Å². The number of hydrogen-bond donors (Lipinski definition) is 2. The summed E-state index contributed by atoms with van der Waals surface area (Å²) in [6.45, 7) is 0.254. The Morgan fingerprint density at radius 3 is 2.47 bits per heavy atom. The molecule has 6 heteroatoms. The molecule has 0 radical (unpaired) electrons. The van der Waals surface area contributed by atoms with Crippen LogP contribution in [0.1, 0.15) is 4.88 Å². The molecule has 0 spiro atoms. The zero-order valence-corrected chi connectivity index (χ0v) is 11.6. The zero-order valence-electron chi connectivity index (χ0n) is 9.17. The van der Waals surface area contributed by atoms with Gasteiger partial charge in [-0.3, -0.25) is 4.79 Å². The Kier molecular flexibility index (Phi) is 6.43. The van der Waals surface area contributed by atoms with Crippen molar-refractivity contribution in [2.45, 2.75) is 0 Å². The van der Waals surface area contributed by atoms with Crippen molar-refractivity contribution < 1.29 is 15.0 Å². The van der Waals surface area contributed by atoms with Gasteiger partial charge in [0.2, 0.25) is 5.91 Å². The summed E-state index contributed by atoms with van der Waals surface area (Å²) in [5.74, 6) is -0.211. The van der Waals surface area contributed by atoms with E-state index >= 15 is 0 Å². The maximum atomic E-state index is 11.7. The van der Waals surface area contributed by atoms with E-state index in [1.54, 1.807) is 6.08 Å². The van der Waals surface area contributed by atoms with Gasteiger partial charge in [-0.25, -0.2) is 0 Å². The molecule has 1 amide bonds. The highest BCUT2D eigenvalue weighted by Gasteiger charge is 2.08. The fourth-order valence-electron chi connectivity index (χ4n) is 1.25. The normalized spacial score (nSPS) is 11.0. The van der Waals surface area contributed by atoms with E-state index in [1.807, 2.05) is 12.1 Å². The standard InChI is InChI=1S/C11H14BrNO3S/c12-10-3-1-9(17-10)2-4-11(16)13(5-7-14)6-8-15/h1-4,14-15H,5-8H2. The number of thiophene rings is 1. The Balaban J connectivity index is 2.59. The number of carbonyl (C=O) groups is 1. The largest absolute Gasteiger partial charge is 0.395 e. The Labute approximate surface area is 112 Å². The van der Waals surface area contributed by atoms with Crippen molar-refractivity contribution in [3.63, 3.8) is 0 Å². The number of nitrogens with zero attached hydrogens (tertiary/aromatic N) is 1. The van der Waals surface area contributed by atoms with Crippen LogP contribution in [0.25, 0.3) is 6.08 Å². The molecule has 1 aromatic rings. The predicted molar refractivity (Wildman–Crippen MR) is 71.8 cm³/mol. The Bertz CT molecular complexity index is 386. The number of aliphatic hydroxyl groups is 2. The average molecular weight is 320 g/mol. The molecule has 17 heavy (non-hydrogen) atoms. The van der Waals surface area contributed by atoms with Crippen LogP contribution in [-0.4, -0.2) is 47.3 Å². The van der Waals surface area contributed by atoms with Gasteiger partial charge in [-0.1, -0.05) is 0 Å². The van der Waals surface area contributed by atoms with Crippen LogP contribution in [0.15, 0.2) is 22.0 Å². The van der Waals surface area contributed by atoms with Crippen LogP contribution in [0, 0.1) is 0 Å². The lowest BCUT2D eigenvalue weighted by Gasteiger charge is -2.18. The quantitative estimate of drug-likeness (QED) is 0.778. The monoisotopic (exact) mass is 319 g/mol. The van der Waals surface area contributed by atoms with Crippen molar-refractivity contribution in [2.75, 3.05) is 26.3 Å². The summed E-state index contributed by atoms with van der Waals surface area (Å²) >= 11 is 4.87. The molecule has 0 aliphatic heterocycles. The molecule has 0 bridgehead atoms. The average Bonchev–Trinajstić information content (AvgIpc) is 2.72. The Morgan fingerprint density at radius 1 is 1.35 bits per heavy atom. The van der Waals surface area contributed by atoms with Crippen LogP contribution in [0.2, 0.25) is 0 Å². The summed E-state index contributed by atoms with van der Waals surface area (Å²) in [6.07, 6.45) is 3.17. The van der Waals surface area contributed by atoms with E-state index in [4.69, 9.17) is 10.2 Å². The molecule has 0 aliphatic rings. The topological polar surface area (TPSA) is 60.8 Å². The van der Waals surface area contributed by atoms with Gasteiger partial charge < -0.3 is 15.1 Å². The molecule has 0 atom stereocenters. The van der Waals surface area contributed by atoms with Crippen LogP contribution in [-0.2, 0) is 4.79 Å². The van der Waals surface area contributed by atoms with Gasteiger partial charge in [0.05, 0.1) is 17.0 Å². The predicted octanol–water partition coefficient (Wildman–Crippen LogP) is 1.34. The van der Waals surface area contributed by atoms with Gasteiger partial charge in [0.25, 0.3) is 0 Å². The van der Waals surface area contributed by atoms with Crippen molar-refractivity contribution in [3.8, 4) is 0 Å². The fourth-order valence-corrected chi connectivity index (χ4v) is 2.58. The molecule has 0 fully saturated rings. The van der Waals surface area contributed by atoms with Crippen LogP contribution >= 0.6 is 27.3 Å². The van der Waals surface area contributed by atoms with E-state index in [9.17, 15) is 4.79 Å². The van der Waals surface area contributed by atoms with Gasteiger partial charge in [0.1, 0.15) is 0 Å². The van der Waals surface area contributed by atoms with Gasteiger partial charge in [-0.15, -0.1) is 11.3 Å². The first-order valence-electron chi connectivity index (χ1n) is 5.11. The minimum absolute atomic E-state index is 0.107. The Morgan fingerprint density at radius 2 is 2.00 bits per heavy atom. The van der Waals surface area contributed by atoms with Crippen molar-refractivity contribution in [3.05, 3.63) is 26.9 Å². The number of amides is 1. The number of rotatable bonds is 6. The minimum atomic E-state index is -0.211. The minimum Gasteiger partial charge on any atom is -0.395 e. The molecule has 0 aromatic carbocycles. The molecule has 0 aliphatic carbocycles. The summed E-state index contributed by atoms with van der Waals surface area (Å²) in [4.78, 5) is 14.1. The molecule has 1 aromatic heterocycles. The van der Waals surface area contributed by atoms with E-state index in [2.05, 4.69) is 15.9 Å². The lowest BCUT2D eigenvalue weighted by atomic mass is 10.3. The molecular weight excluding hydrogens is 306 g/mol. The summed E-state index contributed by atoms with van der Waals surface area (Å²) in [6, 6.07) is 3.81. The fraction of sp³-hybridized carbons (Fsp3) is 0.364. The summed E-state index contributed by atoms with van der Waals surface area (Å²) in [5, 5.41) is 17.6. The molecular formula is C11H14BrNO3S. The van der Waals surface area contributed by atoms with Gasteiger partial charge in [0.15, 0.2) is 0 Å². The highest BCUT2D eigenvalue weighted by atomic mass is 79.9. The third-order valence-corrected chi connectivity index (χ3v) is 3.62. The molecule has 1 heterocycles. The second-order valence-corrected chi connectivity index (χ2v) is 5.74. The van der Waals surface area contributed by atoms with Crippen LogP contribution in [0.5, 0.6) is 0 Å². The second-order valence-electron chi connectivity index (χ2n) is 3.25. The van der Waals surface area contributed by atoms with Crippen molar-refractivity contribution in [1.82, 2.24) is 4.90 Å². The number of carbonyl (C=O) groups excluding carboxylic acids is 1. The molecule has 4 nitrogen and oxygen atoms in total. The number of hydrogen-bond acceptors (Lipinski definition) is 4. The molecule has 94 valence electrons. The first-order valence-corrected chi connectivity index (χ1v) is 6.72. The zero-order chi connectivity index (χ0) is 12.7. The molecule has 1 rings (SSSR count). The third kappa shape index (κ3) is 4.99. The Hall–Kier alpha value is -0.690. The molecule has 0 unspecified atom stereocenters. The smallest absolute Gasteiger partial charge is 0.246 e. The SMILES string of the molecule is O=C(C=Cc1ccc(Br)s1)N(CCO)CCO. The van der Waals surface area contributed by atoms with Crippen molar-refractivity contribution >= 4 is 39.2 Å². The van der Waals surface area contributed by atoms with E-state index in [-0.39, 0.29) is 32.2 Å². The first kappa shape index (κ1) is 14.4. The van der Waals surface area contributed by atoms with Gasteiger partial charge in [-0.05, 0) is 34.1 Å². The van der Waals surface area contributed by atoms with Gasteiger partial charge >= 0.3 is 0 Å². The van der Waals surface area contributed by atoms with Crippen LogP contribution < -0.4 is 0 Å².